The van der Waals surface area contributed by atoms with Crippen molar-refractivity contribution in [3.8, 4) is 17.2 Å². The molecule has 1 aromatic carbocycles. The fourth-order valence-electron chi connectivity index (χ4n) is 2.53. The molecular weight excluding hydrogens is 336 g/mol. The first-order valence-corrected chi connectivity index (χ1v) is 9.10. The molecule has 8 nitrogen and oxygen atoms in total. The Hall–Kier alpha value is -1.55. The maximum Gasteiger partial charge on any atom is 0.244 e. The van der Waals surface area contributed by atoms with Crippen molar-refractivity contribution < 1.29 is 27.4 Å². The van der Waals surface area contributed by atoms with Crippen LogP contribution in [-0.2, 0) is 14.8 Å². The van der Waals surface area contributed by atoms with Crippen LogP contribution in [0.3, 0.4) is 0 Å². The van der Waals surface area contributed by atoms with Crippen LogP contribution in [-0.4, -0.2) is 74.0 Å². The van der Waals surface area contributed by atoms with E-state index in [0.717, 1.165) is 13.1 Å². The average molecular weight is 360 g/mol. The molecule has 0 aromatic heterocycles. The first kappa shape index (κ1) is 18.8. The summed E-state index contributed by atoms with van der Waals surface area (Å²) < 4.78 is 48.7. The molecule has 1 saturated heterocycles. The molecule has 0 unspecified atom stereocenters. The largest absolute Gasteiger partial charge is 0.493 e. The van der Waals surface area contributed by atoms with E-state index in [1.807, 2.05) is 0 Å². The predicted molar refractivity (Wildman–Crippen MR) is 88.5 cm³/mol. The van der Waals surface area contributed by atoms with E-state index in [2.05, 4.69) is 9.62 Å². The van der Waals surface area contributed by atoms with Gasteiger partial charge in [-0.25, -0.2) is 13.1 Å². The summed E-state index contributed by atoms with van der Waals surface area (Å²) in [5.74, 6) is 0.772. The van der Waals surface area contributed by atoms with Crippen molar-refractivity contribution in [2.24, 2.45) is 0 Å². The molecule has 2 rings (SSSR count). The van der Waals surface area contributed by atoms with Gasteiger partial charge in [-0.3, -0.25) is 4.90 Å². The molecule has 0 atom stereocenters. The van der Waals surface area contributed by atoms with E-state index >= 15 is 0 Å². The van der Waals surface area contributed by atoms with Crippen molar-refractivity contribution in [2.75, 3.05) is 60.7 Å². The Morgan fingerprint density at radius 1 is 1.08 bits per heavy atom. The molecule has 136 valence electrons. The van der Waals surface area contributed by atoms with Gasteiger partial charge in [0.05, 0.1) is 34.5 Å². The van der Waals surface area contributed by atoms with Gasteiger partial charge in [-0.05, 0) is 12.1 Å². The topological polar surface area (TPSA) is 86.3 Å². The third kappa shape index (κ3) is 4.29. The number of nitrogens with one attached hydrogen (secondary N) is 1. The highest BCUT2D eigenvalue weighted by Crippen LogP contribution is 2.41. The average Bonchev–Trinajstić information content (AvgIpc) is 2.60. The summed E-state index contributed by atoms with van der Waals surface area (Å²) >= 11 is 0. The first-order chi connectivity index (χ1) is 11.5. The van der Waals surface area contributed by atoms with Crippen LogP contribution in [0, 0.1) is 0 Å². The highest BCUT2D eigenvalue weighted by molar-refractivity contribution is 7.89. The summed E-state index contributed by atoms with van der Waals surface area (Å²) in [4.78, 5) is 2.17. The Morgan fingerprint density at radius 3 is 2.33 bits per heavy atom. The molecule has 0 bridgehead atoms. The fourth-order valence-corrected chi connectivity index (χ4v) is 3.71. The third-order valence-electron chi connectivity index (χ3n) is 3.78. The van der Waals surface area contributed by atoms with Crippen LogP contribution in [0.5, 0.6) is 17.2 Å². The number of hydrogen-bond donors (Lipinski definition) is 1. The van der Waals surface area contributed by atoms with Gasteiger partial charge in [-0.15, -0.1) is 0 Å². The molecule has 1 heterocycles. The van der Waals surface area contributed by atoms with Crippen molar-refractivity contribution in [2.45, 2.75) is 4.90 Å². The zero-order valence-corrected chi connectivity index (χ0v) is 15.0. The summed E-state index contributed by atoms with van der Waals surface area (Å²) in [6, 6.07) is 2.98. The molecule has 1 N–H and O–H groups in total. The van der Waals surface area contributed by atoms with Gasteiger partial charge in [0, 0.05) is 26.2 Å². The number of sulfonamides is 1. The first-order valence-electron chi connectivity index (χ1n) is 7.62. The molecule has 1 aliphatic heterocycles. The molecule has 1 fully saturated rings. The van der Waals surface area contributed by atoms with E-state index < -0.39 is 10.0 Å². The molecule has 0 amide bonds. The van der Waals surface area contributed by atoms with Gasteiger partial charge in [0.2, 0.25) is 15.8 Å². The lowest BCUT2D eigenvalue weighted by atomic mass is 10.3. The van der Waals surface area contributed by atoms with E-state index in [9.17, 15) is 8.42 Å². The lowest BCUT2D eigenvalue weighted by Gasteiger charge is -2.26. The molecule has 1 aliphatic rings. The van der Waals surface area contributed by atoms with Gasteiger partial charge >= 0.3 is 0 Å². The van der Waals surface area contributed by atoms with Crippen molar-refractivity contribution in [3.63, 3.8) is 0 Å². The Morgan fingerprint density at radius 2 is 1.75 bits per heavy atom. The number of rotatable bonds is 8. The molecule has 0 aliphatic carbocycles. The van der Waals surface area contributed by atoms with Gasteiger partial charge in [0.15, 0.2) is 11.5 Å². The Labute approximate surface area is 142 Å². The van der Waals surface area contributed by atoms with Crippen molar-refractivity contribution >= 4 is 10.0 Å². The van der Waals surface area contributed by atoms with Crippen LogP contribution < -0.4 is 18.9 Å². The van der Waals surface area contributed by atoms with Crippen LogP contribution in [0.2, 0.25) is 0 Å². The predicted octanol–water partition coefficient (Wildman–Crippen LogP) is 0.323. The Bertz CT molecular complexity index is 644. The SMILES string of the molecule is COc1ccc(S(=O)(=O)NCCN2CCOCC2)c(OC)c1OC. The van der Waals surface area contributed by atoms with Gasteiger partial charge in [0.25, 0.3) is 0 Å². The summed E-state index contributed by atoms with van der Waals surface area (Å²) in [5, 5.41) is 0. The monoisotopic (exact) mass is 360 g/mol. The smallest absolute Gasteiger partial charge is 0.244 e. The van der Waals surface area contributed by atoms with E-state index in [4.69, 9.17) is 18.9 Å². The van der Waals surface area contributed by atoms with Crippen LogP contribution >= 0.6 is 0 Å². The molecule has 1 aromatic rings. The van der Waals surface area contributed by atoms with E-state index in [1.54, 1.807) is 0 Å². The molecule has 24 heavy (non-hydrogen) atoms. The Kier molecular flexibility index (Phi) is 6.67. The van der Waals surface area contributed by atoms with Crippen molar-refractivity contribution in [1.82, 2.24) is 9.62 Å². The highest BCUT2D eigenvalue weighted by Gasteiger charge is 2.25. The number of morpholine rings is 1. The van der Waals surface area contributed by atoms with E-state index in [-0.39, 0.29) is 16.4 Å². The van der Waals surface area contributed by atoms with Crippen LogP contribution in [0.25, 0.3) is 0 Å². The van der Waals surface area contributed by atoms with Gasteiger partial charge in [-0.2, -0.15) is 0 Å². The van der Waals surface area contributed by atoms with Crippen LogP contribution in [0.1, 0.15) is 0 Å². The fraction of sp³-hybridized carbons (Fsp3) is 0.600. The number of methoxy groups -OCH3 is 3. The van der Waals surface area contributed by atoms with Gasteiger partial charge in [0.1, 0.15) is 4.90 Å². The summed E-state index contributed by atoms with van der Waals surface area (Å²) in [6.45, 7) is 3.90. The number of ether oxygens (including phenoxy) is 4. The zero-order valence-electron chi connectivity index (χ0n) is 14.2. The summed E-state index contributed by atoms with van der Waals surface area (Å²) in [6.07, 6.45) is 0. The number of hydrogen-bond acceptors (Lipinski definition) is 7. The second-order valence-corrected chi connectivity index (χ2v) is 6.92. The molecule has 0 spiro atoms. The van der Waals surface area contributed by atoms with E-state index in [0.29, 0.717) is 32.1 Å². The second kappa shape index (κ2) is 8.52. The van der Waals surface area contributed by atoms with Crippen molar-refractivity contribution in [3.05, 3.63) is 12.1 Å². The highest BCUT2D eigenvalue weighted by atomic mass is 32.2. The third-order valence-corrected chi connectivity index (χ3v) is 5.27. The van der Waals surface area contributed by atoms with Crippen molar-refractivity contribution in [1.29, 1.82) is 0 Å². The maximum atomic E-state index is 12.6. The number of nitrogens with zero attached hydrogens (tertiary/aromatic N) is 1. The molecule has 0 radical (unpaired) electrons. The molecule has 9 heteroatoms. The summed E-state index contributed by atoms with van der Waals surface area (Å²) in [5.41, 5.74) is 0. The quantitative estimate of drug-likeness (QED) is 0.715. The van der Waals surface area contributed by atoms with Crippen LogP contribution in [0.4, 0.5) is 0 Å². The zero-order chi connectivity index (χ0) is 17.6. The van der Waals surface area contributed by atoms with Gasteiger partial charge in [-0.1, -0.05) is 0 Å². The minimum atomic E-state index is -3.73. The van der Waals surface area contributed by atoms with E-state index in [1.165, 1.54) is 33.5 Å². The minimum Gasteiger partial charge on any atom is -0.493 e. The molecule has 0 saturated carbocycles. The minimum absolute atomic E-state index is 0.0182. The van der Waals surface area contributed by atoms with Gasteiger partial charge < -0.3 is 18.9 Å². The maximum absolute atomic E-state index is 12.6. The lowest BCUT2D eigenvalue weighted by Crippen LogP contribution is -2.41. The summed E-state index contributed by atoms with van der Waals surface area (Å²) in [7, 11) is 0.574. The molecular formula is C15H24N2O6S. The number of benzene rings is 1. The lowest BCUT2D eigenvalue weighted by molar-refractivity contribution is 0.0390. The normalized spacial score (nSPS) is 16.0. The Balaban J connectivity index is 2.13. The second-order valence-electron chi connectivity index (χ2n) is 5.18. The standard InChI is InChI=1S/C15H24N2O6S/c1-20-12-4-5-13(15(22-3)14(12)21-2)24(18,19)16-6-7-17-8-10-23-11-9-17/h4-5,16H,6-11H2,1-3H3. The van der Waals surface area contributed by atoms with Crippen LogP contribution in [0.15, 0.2) is 17.0 Å².